The largest absolute Gasteiger partial charge is 0.385 e. The van der Waals surface area contributed by atoms with Crippen LogP contribution in [0.15, 0.2) is 4.99 Å². The predicted octanol–water partition coefficient (Wildman–Crippen LogP) is 1.81. The minimum absolute atomic E-state index is 0.0348. The van der Waals surface area contributed by atoms with Crippen molar-refractivity contribution in [1.82, 2.24) is 0 Å². The van der Waals surface area contributed by atoms with Crippen LogP contribution in [0.5, 0.6) is 0 Å². The molecule has 0 aliphatic heterocycles. The third-order valence-corrected chi connectivity index (χ3v) is 1.65. The Morgan fingerprint density at radius 2 is 1.85 bits per heavy atom. The molecule has 3 heteroatoms. The van der Waals surface area contributed by atoms with Crippen molar-refractivity contribution in [1.29, 1.82) is 0 Å². The highest BCUT2D eigenvalue weighted by Crippen LogP contribution is 2.07. The van der Waals surface area contributed by atoms with E-state index in [1.807, 2.05) is 20.8 Å². The van der Waals surface area contributed by atoms with Crippen LogP contribution in [0.1, 0.15) is 34.6 Å². The first-order chi connectivity index (χ1) is 5.99. The van der Waals surface area contributed by atoms with Gasteiger partial charge in [0, 0.05) is 12.6 Å². The zero-order valence-corrected chi connectivity index (χ0v) is 9.37. The first-order valence-corrected chi connectivity index (χ1v) is 4.93. The van der Waals surface area contributed by atoms with Crippen molar-refractivity contribution in [3.63, 3.8) is 0 Å². The molecule has 0 amide bonds. The van der Waals surface area contributed by atoms with E-state index in [1.54, 1.807) is 0 Å². The van der Waals surface area contributed by atoms with Gasteiger partial charge in [-0.25, -0.2) is 0 Å². The van der Waals surface area contributed by atoms with Gasteiger partial charge in [-0.3, -0.25) is 4.99 Å². The van der Waals surface area contributed by atoms with E-state index in [-0.39, 0.29) is 12.1 Å². The summed E-state index contributed by atoms with van der Waals surface area (Å²) in [7, 11) is 0. The number of hydrogen-bond donors (Lipinski definition) is 1. The quantitative estimate of drug-likeness (QED) is 0.526. The van der Waals surface area contributed by atoms with Crippen LogP contribution in [0.25, 0.3) is 0 Å². The average Bonchev–Trinajstić information content (AvgIpc) is 1.97. The third-order valence-electron chi connectivity index (χ3n) is 1.65. The summed E-state index contributed by atoms with van der Waals surface area (Å²) in [5, 5.41) is 0. The molecule has 0 saturated heterocycles. The molecule has 0 radical (unpaired) electrons. The minimum Gasteiger partial charge on any atom is -0.385 e. The molecule has 1 unspecified atom stereocenters. The average molecular weight is 186 g/mol. The summed E-state index contributed by atoms with van der Waals surface area (Å²) in [6, 6.07) is 0.238. The van der Waals surface area contributed by atoms with Crippen LogP contribution < -0.4 is 5.73 Å². The summed E-state index contributed by atoms with van der Waals surface area (Å²) in [6.07, 6.45) is -0.0348. The fourth-order valence-electron chi connectivity index (χ4n) is 1.17. The van der Waals surface area contributed by atoms with Crippen LogP contribution in [0.3, 0.4) is 0 Å². The second kappa shape index (κ2) is 5.97. The molecule has 0 aromatic heterocycles. The van der Waals surface area contributed by atoms with Crippen LogP contribution in [0, 0.1) is 5.92 Å². The summed E-state index contributed by atoms with van der Waals surface area (Å²) in [4.78, 5) is 4.29. The summed E-state index contributed by atoms with van der Waals surface area (Å²) in [5.41, 5.74) is 5.83. The van der Waals surface area contributed by atoms with Crippen LogP contribution in [0.4, 0.5) is 0 Å². The van der Waals surface area contributed by atoms with E-state index in [0.717, 1.165) is 0 Å². The first-order valence-electron chi connectivity index (χ1n) is 4.93. The van der Waals surface area contributed by atoms with Gasteiger partial charge in [0.2, 0.25) is 0 Å². The Labute approximate surface area is 81.4 Å². The minimum atomic E-state index is -0.0348. The molecule has 0 aliphatic rings. The number of amidine groups is 1. The van der Waals surface area contributed by atoms with Gasteiger partial charge in [-0.15, -0.1) is 0 Å². The summed E-state index contributed by atoms with van der Waals surface area (Å²) < 4.78 is 5.51. The van der Waals surface area contributed by atoms with Crippen molar-refractivity contribution in [3.8, 4) is 0 Å². The number of aliphatic imine (C=N–C) groups is 1. The van der Waals surface area contributed by atoms with E-state index >= 15 is 0 Å². The van der Waals surface area contributed by atoms with Crippen LogP contribution in [0.2, 0.25) is 0 Å². The van der Waals surface area contributed by atoms with Gasteiger partial charge in [0.15, 0.2) is 0 Å². The van der Waals surface area contributed by atoms with E-state index in [9.17, 15) is 0 Å². The first kappa shape index (κ1) is 12.4. The van der Waals surface area contributed by atoms with Gasteiger partial charge in [0.1, 0.15) is 11.9 Å². The maximum atomic E-state index is 5.83. The Morgan fingerprint density at radius 1 is 1.31 bits per heavy atom. The van der Waals surface area contributed by atoms with Crippen molar-refractivity contribution in [2.45, 2.75) is 46.8 Å². The topological polar surface area (TPSA) is 47.6 Å². The molecule has 0 rings (SSSR count). The van der Waals surface area contributed by atoms with Gasteiger partial charge in [-0.1, -0.05) is 13.8 Å². The number of nitrogens with two attached hydrogens (primary N) is 1. The standard InChI is InChI=1S/C10H22N2O/c1-6-13-9(7(2)3)10(11)12-8(4)5/h7-9H,6H2,1-5H3,(H2,11,12). The fourth-order valence-corrected chi connectivity index (χ4v) is 1.17. The molecular weight excluding hydrogens is 164 g/mol. The zero-order chi connectivity index (χ0) is 10.4. The van der Waals surface area contributed by atoms with Gasteiger partial charge in [0.25, 0.3) is 0 Å². The Balaban J connectivity index is 4.35. The van der Waals surface area contributed by atoms with E-state index in [2.05, 4.69) is 18.8 Å². The third kappa shape index (κ3) is 4.88. The van der Waals surface area contributed by atoms with E-state index in [4.69, 9.17) is 10.5 Å². The molecule has 78 valence electrons. The Bertz CT molecular complexity index is 164. The molecule has 0 fully saturated rings. The SMILES string of the molecule is CCOC(C(N)=NC(C)C)C(C)C. The van der Waals surface area contributed by atoms with Crippen molar-refractivity contribution < 1.29 is 4.74 Å². The smallest absolute Gasteiger partial charge is 0.124 e. The van der Waals surface area contributed by atoms with Crippen LogP contribution in [-0.4, -0.2) is 24.6 Å². The lowest BCUT2D eigenvalue weighted by Gasteiger charge is -2.20. The van der Waals surface area contributed by atoms with Crippen molar-refractivity contribution in [2.75, 3.05) is 6.61 Å². The van der Waals surface area contributed by atoms with Crippen molar-refractivity contribution in [3.05, 3.63) is 0 Å². The Morgan fingerprint density at radius 3 is 2.15 bits per heavy atom. The molecule has 3 nitrogen and oxygen atoms in total. The fraction of sp³-hybridized carbons (Fsp3) is 0.900. The monoisotopic (exact) mass is 186 g/mol. The second-order valence-electron chi connectivity index (χ2n) is 3.77. The van der Waals surface area contributed by atoms with E-state index in [1.165, 1.54) is 0 Å². The molecular formula is C10H22N2O. The lowest BCUT2D eigenvalue weighted by molar-refractivity contribution is 0.0772. The number of rotatable bonds is 5. The molecule has 0 aliphatic carbocycles. The maximum Gasteiger partial charge on any atom is 0.124 e. The second-order valence-corrected chi connectivity index (χ2v) is 3.77. The molecule has 13 heavy (non-hydrogen) atoms. The molecule has 0 bridgehead atoms. The lowest BCUT2D eigenvalue weighted by atomic mass is 10.1. The molecule has 1 atom stereocenters. The van der Waals surface area contributed by atoms with Gasteiger partial charge in [-0.05, 0) is 26.7 Å². The van der Waals surface area contributed by atoms with Crippen molar-refractivity contribution >= 4 is 5.84 Å². The normalized spacial score (nSPS) is 15.5. The lowest BCUT2D eigenvalue weighted by Crippen LogP contribution is -2.36. The van der Waals surface area contributed by atoms with Gasteiger partial charge >= 0.3 is 0 Å². The zero-order valence-electron chi connectivity index (χ0n) is 9.37. The maximum absolute atomic E-state index is 5.83. The van der Waals surface area contributed by atoms with Gasteiger partial charge in [0.05, 0.1) is 0 Å². The molecule has 0 aromatic rings. The molecule has 0 spiro atoms. The Kier molecular flexibility index (Phi) is 5.71. The number of ether oxygens (including phenoxy) is 1. The molecule has 0 heterocycles. The predicted molar refractivity (Wildman–Crippen MR) is 57.0 cm³/mol. The summed E-state index contributed by atoms with van der Waals surface area (Å²) in [5.74, 6) is 0.995. The molecule has 0 saturated carbocycles. The molecule has 2 N–H and O–H groups in total. The summed E-state index contributed by atoms with van der Waals surface area (Å²) >= 11 is 0. The van der Waals surface area contributed by atoms with Gasteiger partial charge < -0.3 is 10.5 Å². The summed E-state index contributed by atoms with van der Waals surface area (Å²) in [6.45, 7) is 10.8. The molecule has 0 aromatic carbocycles. The highest BCUT2D eigenvalue weighted by atomic mass is 16.5. The number of nitrogens with zero attached hydrogens (tertiary/aromatic N) is 1. The highest BCUT2D eigenvalue weighted by Gasteiger charge is 2.17. The van der Waals surface area contributed by atoms with Crippen LogP contribution >= 0.6 is 0 Å². The number of hydrogen-bond acceptors (Lipinski definition) is 2. The highest BCUT2D eigenvalue weighted by molar-refractivity contribution is 5.85. The van der Waals surface area contributed by atoms with Gasteiger partial charge in [-0.2, -0.15) is 0 Å². The van der Waals surface area contributed by atoms with E-state index in [0.29, 0.717) is 18.4 Å². The van der Waals surface area contributed by atoms with Crippen LogP contribution in [-0.2, 0) is 4.74 Å². The Hall–Kier alpha value is -0.570. The van der Waals surface area contributed by atoms with E-state index < -0.39 is 0 Å². The van der Waals surface area contributed by atoms with Crippen molar-refractivity contribution in [2.24, 2.45) is 16.6 Å².